The standard InChI is InChI=1S/C13H16F3NO2S/c14-13(15,16)9-20-11-4-2-1-3-10(11)17-5-12(6-18)7-19-8-12/h1-4,17-18H,5-9H2. The topological polar surface area (TPSA) is 41.5 Å². The predicted molar refractivity (Wildman–Crippen MR) is 72.0 cm³/mol. The van der Waals surface area contributed by atoms with Crippen LogP contribution in [0.5, 0.6) is 0 Å². The third kappa shape index (κ3) is 4.04. The second kappa shape index (κ2) is 6.24. The molecule has 1 saturated heterocycles. The Morgan fingerprint density at radius 2 is 2.00 bits per heavy atom. The summed E-state index contributed by atoms with van der Waals surface area (Å²) in [6.45, 7) is 1.41. The summed E-state index contributed by atoms with van der Waals surface area (Å²) >= 11 is 0.757. The Bertz CT molecular complexity index is 444. The molecule has 112 valence electrons. The quantitative estimate of drug-likeness (QED) is 0.793. The number of hydrogen-bond donors (Lipinski definition) is 2. The number of thioether (sulfide) groups is 1. The van der Waals surface area contributed by atoms with Crippen LogP contribution in [0.4, 0.5) is 18.9 Å². The van der Waals surface area contributed by atoms with Crippen LogP contribution in [-0.2, 0) is 4.74 Å². The maximum atomic E-state index is 12.3. The summed E-state index contributed by atoms with van der Waals surface area (Å²) in [5, 5.41) is 12.4. The van der Waals surface area contributed by atoms with Gasteiger partial charge in [0, 0.05) is 17.1 Å². The van der Waals surface area contributed by atoms with Crippen LogP contribution in [0.1, 0.15) is 0 Å². The summed E-state index contributed by atoms with van der Waals surface area (Å²) in [5.74, 6) is -0.917. The number of para-hydroxylation sites is 1. The normalized spacial score (nSPS) is 17.6. The van der Waals surface area contributed by atoms with Crippen molar-refractivity contribution in [2.45, 2.75) is 11.1 Å². The smallest absolute Gasteiger partial charge is 0.396 e. The first-order valence-electron chi connectivity index (χ1n) is 6.15. The molecule has 0 radical (unpaired) electrons. The number of ether oxygens (including phenoxy) is 1. The first-order chi connectivity index (χ1) is 9.44. The molecule has 1 fully saturated rings. The first-order valence-corrected chi connectivity index (χ1v) is 7.14. The molecule has 0 aromatic heterocycles. The van der Waals surface area contributed by atoms with Crippen molar-refractivity contribution >= 4 is 17.4 Å². The van der Waals surface area contributed by atoms with Crippen LogP contribution in [0, 0.1) is 5.41 Å². The van der Waals surface area contributed by atoms with Crippen molar-refractivity contribution in [3.05, 3.63) is 24.3 Å². The van der Waals surface area contributed by atoms with Crippen LogP contribution in [0.15, 0.2) is 29.2 Å². The number of aliphatic hydroxyl groups is 1. The van der Waals surface area contributed by atoms with E-state index in [0.717, 1.165) is 11.8 Å². The van der Waals surface area contributed by atoms with Gasteiger partial charge in [0.1, 0.15) is 0 Å². The van der Waals surface area contributed by atoms with E-state index in [9.17, 15) is 18.3 Å². The molecular formula is C13H16F3NO2S. The Balaban J connectivity index is 1.97. The van der Waals surface area contributed by atoms with Gasteiger partial charge in [-0.25, -0.2) is 0 Å². The predicted octanol–water partition coefficient (Wildman–Crippen LogP) is 2.76. The van der Waals surface area contributed by atoms with Gasteiger partial charge in [-0.2, -0.15) is 13.2 Å². The number of aliphatic hydroxyl groups excluding tert-OH is 1. The number of alkyl halides is 3. The Hall–Kier alpha value is -0.920. The molecule has 1 aromatic carbocycles. The lowest BCUT2D eigenvalue weighted by Crippen LogP contribution is -2.50. The summed E-state index contributed by atoms with van der Waals surface area (Å²) in [4.78, 5) is 0.554. The second-order valence-electron chi connectivity index (χ2n) is 4.90. The minimum absolute atomic E-state index is 0.00212. The molecule has 0 bridgehead atoms. The van der Waals surface area contributed by atoms with Gasteiger partial charge in [-0.3, -0.25) is 0 Å². The van der Waals surface area contributed by atoms with E-state index in [1.165, 1.54) is 0 Å². The molecule has 7 heteroatoms. The lowest BCUT2D eigenvalue weighted by molar-refractivity contribution is -0.128. The molecule has 0 unspecified atom stereocenters. The summed E-state index contributed by atoms with van der Waals surface area (Å²) in [7, 11) is 0. The maximum Gasteiger partial charge on any atom is 0.398 e. The van der Waals surface area contributed by atoms with E-state index in [-0.39, 0.29) is 12.0 Å². The molecule has 3 nitrogen and oxygen atoms in total. The lowest BCUT2D eigenvalue weighted by atomic mass is 9.87. The number of nitrogens with one attached hydrogen (secondary N) is 1. The lowest BCUT2D eigenvalue weighted by Gasteiger charge is -2.40. The summed E-state index contributed by atoms with van der Waals surface area (Å²) in [6, 6.07) is 6.87. The molecule has 0 atom stereocenters. The fraction of sp³-hybridized carbons (Fsp3) is 0.538. The molecule has 2 N–H and O–H groups in total. The fourth-order valence-corrected chi connectivity index (χ4v) is 2.61. The Morgan fingerprint density at radius 3 is 2.55 bits per heavy atom. The van der Waals surface area contributed by atoms with Gasteiger partial charge in [-0.1, -0.05) is 12.1 Å². The minimum Gasteiger partial charge on any atom is -0.396 e. The van der Waals surface area contributed by atoms with Crippen LogP contribution in [0.3, 0.4) is 0 Å². The highest BCUT2D eigenvalue weighted by Gasteiger charge is 2.38. The van der Waals surface area contributed by atoms with Gasteiger partial charge < -0.3 is 15.2 Å². The third-order valence-corrected chi connectivity index (χ3v) is 4.22. The molecule has 0 aliphatic carbocycles. The van der Waals surface area contributed by atoms with Crippen LogP contribution >= 0.6 is 11.8 Å². The highest BCUT2D eigenvalue weighted by atomic mass is 32.2. The Labute approximate surface area is 119 Å². The third-order valence-electron chi connectivity index (χ3n) is 3.08. The van der Waals surface area contributed by atoms with E-state index < -0.39 is 11.9 Å². The monoisotopic (exact) mass is 307 g/mol. The fourth-order valence-electron chi connectivity index (χ4n) is 1.82. The van der Waals surface area contributed by atoms with E-state index in [1.807, 2.05) is 0 Å². The van der Waals surface area contributed by atoms with E-state index in [2.05, 4.69) is 5.32 Å². The molecule has 1 aromatic rings. The average Bonchev–Trinajstić information content (AvgIpc) is 2.36. The first kappa shape index (κ1) is 15.5. The van der Waals surface area contributed by atoms with Crippen molar-refractivity contribution in [3.63, 3.8) is 0 Å². The van der Waals surface area contributed by atoms with Crippen molar-refractivity contribution in [1.82, 2.24) is 0 Å². The molecule has 1 aliphatic heterocycles. The SMILES string of the molecule is OCC1(CNc2ccccc2SCC(F)(F)F)COC1. The molecule has 2 rings (SSSR count). The van der Waals surface area contributed by atoms with Crippen molar-refractivity contribution in [1.29, 1.82) is 0 Å². The highest BCUT2D eigenvalue weighted by Crippen LogP contribution is 2.33. The highest BCUT2D eigenvalue weighted by molar-refractivity contribution is 7.99. The average molecular weight is 307 g/mol. The van der Waals surface area contributed by atoms with Crippen molar-refractivity contribution < 1.29 is 23.0 Å². The molecule has 0 amide bonds. The van der Waals surface area contributed by atoms with E-state index >= 15 is 0 Å². The van der Waals surface area contributed by atoms with E-state index in [0.29, 0.717) is 30.3 Å². The van der Waals surface area contributed by atoms with Crippen molar-refractivity contribution in [2.75, 3.05) is 37.4 Å². The van der Waals surface area contributed by atoms with Crippen LogP contribution in [-0.4, -0.2) is 43.4 Å². The van der Waals surface area contributed by atoms with Crippen molar-refractivity contribution in [3.8, 4) is 0 Å². The Kier molecular flexibility index (Phi) is 4.82. The van der Waals surface area contributed by atoms with Gasteiger partial charge in [-0.05, 0) is 12.1 Å². The maximum absolute atomic E-state index is 12.3. The van der Waals surface area contributed by atoms with Gasteiger partial charge in [0.25, 0.3) is 0 Å². The number of anilines is 1. The van der Waals surface area contributed by atoms with Crippen molar-refractivity contribution in [2.24, 2.45) is 5.41 Å². The van der Waals surface area contributed by atoms with Gasteiger partial charge >= 0.3 is 6.18 Å². The van der Waals surface area contributed by atoms with Gasteiger partial charge in [0.05, 0.1) is 31.0 Å². The largest absolute Gasteiger partial charge is 0.398 e. The van der Waals surface area contributed by atoms with E-state index in [4.69, 9.17) is 4.74 Å². The van der Waals surface area contributed by atoms with Gasteiger partial charge in [-0.15, -0.1) is 11.8 Å². The molecular weight excluding hydrogens is 291 g/mol. The van der Waals surface area contributed by atoms with Gasteiger partial charge in [0.2, 0.25) is 0 Å². The second-order valence-corrected chi connectivity index (χ2v) is 5.92. The molecule has 20 heavy (non-hydrogen) atoms. The number of hydrogen-bond acceptors (Lipinski definition) is 4. The minimum atomic E-state index is -4.19. The molecule has 1 heterocycles. The molecule has 0 spiro atoms. The Morgan fingerprint density at radius 1 is 1.30 bits per heavy atom. The zero-order valence-electron chi connectivity index (χ0n) is 10.7. The van der Waals surface area contributed by atoms with Crippen LogP contribution in [0.2, 0.25) is 0 Å². The molecule has 0 saturated carbocycles. The zero-order valence-corrected chi connectivity index (χ0v) is 11.6. The van der Waals surface area contributed by atoms with E-state index in [1.54, 1.807) is 24.3 Å². The van der Waals surface area contributed by atoms with Crippen LogP contribution < -0.4 is 5.32 Å². The van der Waals surface area contributed by atoms with Gasteiger partial charge in [0.15, 0.2) is 0 Å². The number of halogens is 3. The van der Waals surface area contributed by atoms with Crippen LogP contribution in [0.25, 0.3) is 0 Å². The number of rotatable bonds is 6. The summed E-state index contributed by atoms with van der Waals surface area (Å²) in [6.07, 6.45) is -4.19. The molecule has 1 aliphatic rings. The summed E-state index contributed by atoms with van der Waals surface area (Å²) in [5.41, 5.74) is 0.336. The summed E-state index contributed by atoms with van der Waals surface area (Å²) < 4.78 is 41.9. The zero-order chi connectivity index (χ0) is 14.6. The number of benzene rings is 1.